The summed E-state index contributed by atoms with van der Waals surface area (Å²) in [5, 5.41) is 0. The van der Waals surface area contributed by atoms with Crippen LogP contribution in [0.1, 0.15) is 0 Å². The quantitative estimate of drug-likeness (QED) is 0.203. The van der Waals surface area contributed by atoms with Gasteiger partial charge < -0.3 is 0 Å². The van der Waals surface area contributed by atoms with E-state index in [-0.39, 0.29) is 0 Å². The fourth-order valence-electron chi connectivity index (χ4n) is 2.60. The van der Waals surface area contributed by atoms with Crippen LogP contribution < -0.4 is 0 Å². The van der Waals surface area contributed by atoms with Crippen LogP contribution in [0.15, 0.2) is 118 Å². The Morgan fingerprint density at radius 3 is 1.04 bits per heavy atom. The van der Waals surface area contributed by atoms with Crippen LogP contribution in [0, 0.1) is 0 Å². The van der Waals surface area contributed by atoms with Crippen molar-refractivity contribution in [3.63, 3.8) is 0 Å². The minimum absolute atomic E-state index is 1.12. The van der Waals surface area contributed by atoms with Crippen molar-refractivity contribution in [2.75, 3.05) is 0 Å². The summed E-state index contributed by atoms with van der Waals surface area (Å²) >= 11 is 11.9. The number of hydrogen-bond acceptors (Lipinski definition) is 0. The molecular weight excluding hydrogens is 606 g/mol. The molecule has 0 spiro atoms. The van der Waals surface area contributed by atoms with Gasteiger partial charge in [-0.1, -0.05) is 117 Å². The molecule has 4 aromatic rings. The van der Waals surface area contributed by atoms with Gasteiger partial charge in [-0.3, -0.25) is 0 Å². The minimum atomic E-state index is 1.12. The van der Waals surface area contributed by atoms with Gasteiger partial charge in [-0.2, -0.15) is 0 Å². The first-order chi connectivity index (χ1) is 13.7. The molecule has 0 heterocycles. The molecule has 0 aromatic heterocycles. The Balaban J connectivity index is 0.000000184. The van der Waals surface area contributed by atoms with Crippen molar-refractivity contribution in [2.45, 2.75) is 0 Å². The van der Waals surface area contributed by atoms with Crippen LogP contribution in [-0.4, -0.2) is 28.4 Å². The molecule has 0 aliphatic heterocycles. The summed E-state index contributed by atoms with van der Waals surface area (Å²) < 4.78 is 2.24. The average Bonchev–Trinajstić information content (AvgIpc) is 2.77. The van der Waals surface area contributed by atoms with Crippen LogP contribution in [0.5, 0.6) is 0 Å². The van der Waals surface area contributed by atoms with Gasteiger partial charge in [0.1, 0.15) is 0 Å². The molecule has 0 aliphatic rings. The van der Waals surface area contributed by atoms with E-state index < -0.39 is 0 Å². The maximum atomic E-state index is 3.46. The van der Waals surface area contributed by atoms with E-state index in [1.807, 2.05) is 36.4 Å². The molecule has 0 unspecified atom stereocenters. The van der Waals surface area contributed by atoms with Crippen LogP contribution in [-0.2, 0) is 0 Å². The molecule has 0 bridgehead atoms. The Morgan fingerprint density at radius 1 is 0.393 bits per heavy atom. The second-order valence-corrected chi connectivity index (χ2v) is 7.58. The van der Waals surface area contributed by atoms with E-state index in [0.717, 1.165) is 8.95 Å². The van der Waals surface area contributed by atoms with Gasteiger partial charge in [0.15, 0.2) is 0 Å². The molecular formula is C24H18Br2Se2. The first-order valence-electron chi connectivity index (χ1n) is 8.51. The summed E-state index contributed by atoms with van der Waals surface area (Å²) in [4.78, 5) is 0. The van der Waals surface area contributed by atoms with E-state index in [1.54, 1.807) is 0 Å². The van der Waals surface area contributed by atoms with Gasteiger partial charge >= 0.3 is 28.4 Å². The summed E-state index contributed by atoms with van der Waals surface area (Å²) in [7, 11) is 0. The molecule has 0 atom stereocenters. The number of hydrogen-bond donors (Lipinski definition) is 0. The maximum absolute atomic E-state index is 3.46. The zero-order valence-corrected chi connectivity index (χ0v) is 21.6. The molecule has 0 fully saturated rings. The summed E-state index contributed by atoms with van der Waals surface area (Å²) in [6.45, 7) is 0. The normalized spacial score (nSPS) is 9.43. The van der Waals surface area contributed by atoms with Gasteiger partial charge in [-0.25, -0.2) is 0 Å². The summed E-state index contributed by atoms with van der Waals surface area (Å²) in [6.07, 6.45) is 0. The number of rotatable bonds is 2. The van der Waals surface area contributed by atoms with Crippen LogP contribution in [0.2, 0.25) is 0 Å². The van der Waals surface area contributed by atoms with E-state index in [1.165, 1.54) is 22.3 Å². The Bertz CT molecular complexity index is 877. The van der Waals surface area contributed by atoms with E-state index >= 15 is 0 Å². The average molecular weight is 624 g/mol. The third-order valence-electron chi connectivity index (χ3n) is 3.86. The van der Waals surface area contributed by atoms with Crippen LogP contribution in [0.4, 0.5) is 0 Å². The molecule has 0 aliphatic carbocycles. The molecule has 0 nitrogen and oxygen atoms in total. The second-order valence-electron chi connectivity index (χ2n) is 5.75. The van der Waals surface area contributed by atoms with Crippen molar-refractivity contribution in [3.05, 3.63) is 118 Å². The monoisotopic (exact) mass is 624 g/mol. The molecule has 2 radical (unpaired) electrons. The van der Waals surface area contributed by atoms with Crippen molar-refractivity contribution in [1.82, 2.24) is 0 Å². The molecule has 0 N–H and O–H groups in total. The Kier molecular flexibility index (Phi) is 10.9. The van der Waals surface area contributed by atoms with Gasteiger partial charge in [0.2, 0.25) is 0 Å². The molecule has 0 amide bonds. The zero-order valence-electron chi connectivity index (χ0n) is 15.0. The van der Waals surface area contributed by atoms with Crippen LogP contribution in [0.25, 0.3) is 22.3 Å². The summed E-state index contributed by atoms with van der Waals surface area (Å²) in [5.74, 6) is 0. The van der Waals surface area contributed by atoms with Gasteiger partial charge in [0.25, 0.3) is 0 Å². The third kappa shape index (κ3) is 7.72. The molecule has 4 heteroatoms. The van der Waals surface area contributed by atoms with E-state index in [0.29, 0.717) is 0 Å². The van der Waals surface area contributed by atoms with E-state index in [4.69, 9.17) is 0 Å². The van der Waals surface area contributed by atoms with Crippen molar-refractivity contribution >= 4 is 60.2 Å². The predicted molar refractivity (Wildman–Crippen MR) is 131 cm³/mol. The SMILES string of the molecule is Brc1cccc(-c2ccccc2)c1.Brc1cccc(-c2ccccc2)c1.[Se][Se]. The topological polar surface area (TPSA) is 0 Å². The van der Waals surface area contributed by atoms with Crippen molar-refractivity contribution < 1.29 is 0 Å². The van der Waals surface area contributed by atoms with Crippen LogP contribution >= 0.6 is 31.9 Å². The van der Waals surface area contributed by atoms with Gasteiger partial charge in [0, 0.05) is 8.95 Å². The first-order valence-corrected chi connectivity index (χ1v) is 14.4. The molecule has 140 valence electrons. The fourth-order valence-corrected chi connectivity index (χ4v) is 3.40. The standard InChI is InChI=1S/2C12H9Br.Se2/c2*13-12-8-4-7-11(9-12)10-5-2-1-3-6-10;1-2/h2*1-9H;. The molecule has 0 saturated carbocycles. The molecule has 0 saturated heterocycles. The zero-order chi connectivity index (χ0) is 20.2. The number of benzene rings is 4. The van der Waals surface area contributed by atoms with Crippen molar-refractivity contribution in [1.29, 1.82) is 0 Å². The van der Waals surface area contributed by atoms with E-state index in [9.17, 15) is 0 Å². The van der Waals surface area contributed by atoms with E-state index in [2.05, 4.69) is 133 Å². The summed E-state index contributed by atoms with van der Waals surface area (Å²) in [6, 6.07) is 37.3. The van der Waals surface area contributed by atoms with Crippen molar-refractivity contribution in [3.8, 4) is 22.3 Å². The van der Waals surface area contributed by atoms with Crippen LogP contribution in [0.3, 0.4) is 0 Å². The Labute approximate surface area is 199 Å². The Morgan fingerprint density at radius 2 is 0.714 bits per heavy atom. The first kappa shape index (κ1) is 23.2. The molecule has 4 aromatic carbocycles. The molecule has 4 rings (SSSR count). The third-order valence-corrected chi connectivity index (χ3v) is 4.85. The molecule has 28 heavy (non-hydrogen) atoms. The van der Waals surface area contributed by atoms with Gasteiger partial charge in [0.05, 0.1) is 0 Å². The fraction of sp³-hybridized carbons (Fsp3) is 0. The summed E-state index contributed by atoms with van der Waals surface area (Å²) in [5.41, 5.74) is 5.00. The van der Waals surface area contributed by atoms with Gasteiger partial charge in [-0.15, -0.1) is 0 Å². The predicted octanol–water partition coefficient (Wildman–Crippen LogP) is 7.47. The van der Waals surface area contributed by atoms with Crippen molar-refractivity contribution in [2.24, 2.45) is 0 Å². The van der Waals surface area contributed by atoms with Gasteiger partial charge in [-0.05, 0) is 46.5 Å². The number of halogens is 2. The second kappa shape index (κ2) is 13.2. The Hall–Kier alpha value is -1.12.